The van der Waals surface area contributed by atoms with Gasteiger partial charge in [-0.2, -0.15) is 0 Å². The van der Waals surface area contributed by atoms with E-state index in [0.29, 0.717) is 24.3 Å². The maximum Gasteiger partial charge on any atom is 0.321 e. The molecule has 2 N–H and O–H groups in total. The number of hydrogen-bond donors (Lipinski definition) is 2. The summed E-state index contributed by atoms with van der Waals surface area (Å²) in [5.74, 6) is -0.543. The number of anilines is 1. The van der Waals surface area contributed by atoms with Crippen molar-refractivity contribution in [2.45, 2.75) is 30.8 Å². The van der Waals surface area contributed by atoms with Crippen LogP contribution in [-0.2, 0) is 0 Å². The summed E-state index contributed by atoms with van der Waals surface area (Å²) in [7, 11) is 0. The Hall–Kier alpha value is -3.29. The van der Waals surface area contributed by atoms with E-state index in [1.54, 1.807) is 24.3 Å². The van der Waals surface area contributed by atoms with Gasteiger partial charge in [-0.25, -0.2) is 13.6 Å². The Bertz CT molecular complexity index is 1170. The minimum Gasteiger partial charge on any atom is -0.395 e. The summed E-state index contributed by atoms with van der Waals surface area (Å²) in [6, 6.07) is 20.2. The van der Waals surface area contributed by atoms with Crippen LogP contribution in [-0.4, -0.2) is 59.3 Å². The third-order valence-corrected chi connectivity index (χ3v) is 7.23. The maximum atomic E-state index is 14.2. The summed E-state index contributed by atoms with van der Waals surface area (Å²) < 4.78 is 27.5. The van der Waals surface area contributed by atoms with E-state index in [0.717, 1.165) is 30.5 Å². The van der Waals surface area contributed by atoms with Crippen LogP contribution in [0.2, 0.25) is 0 Å². The molecule has 3 atom stereocenters. The second-order valence-electron chi connectivity index (χ2n) is 9.27. The molecule has 3 aromatic carbocycles. The Morgan fingerprint density at radius 1 is 0.943 bits per heavy atom. The molecule has 2 aliphatic heterocycles. The van der Waals surface area contributed by atoms with Crippen LogP contribution in [0.4, 0.5) is 19.3 Å². The number of carbonyl (C=O) groups is 1. The van der Waals surface area contributed by atoms with E-state index in [9.17, 15) is 18.7 Å². The molecule has 3 aromatic rings. The molecule has 2 fully saturated rings. The van der Waals surface area contributed by atoms with Gasteiger partial charge in [0.15, 0.2) is 0 Å². The second kappa shape index (κ2) is 10.1. The number of halogens is 2. The molecule has 2 amide bonds. The highest BCUT2D eigenvalue weighted by Gasteiger charge is 2.49. The van der Waals surface area contributed by atoms with Crippen molar-refractivity contribution in [1.29, 1.82) is 0 Å². The number of fused-ring (bicyclic) bond motifs is 1. The Morgan fingerprint density at radius 2 is 1.66 bits per heavy atom. The van der Waals surface area contributed by atoms with Crippen LogP contribution in [0.3, 0.4) is 0 Å². The molecule has 182 valence electrons. The van der Waals surface area contributed by atoms with Crippen LogP contribution in [0.15, 0.2) is 72.8 Å². The number of benzene rings is 3. The zero-order valence-corrected chi connectivity index (χ0v) is 19.4. The summed E-state index contributed by atoms with van der Waals surface area (Å²) in [6.45, 7) is 2.09. The predicted molar refractivity (Wildman–Crippen MR) is 132 cm³/mol. The molecular weight excluding hydrogens is 448 g/mol. The van der Waals surface area contributed by atoms with Gasteiger partial charge in [0.1, 0.15) is 11.6 Å². The third-order valence-electron chi connectivity index (χ3n) is 7.23. The first kappa shape index (κ1) is 23.5. The fourth-order valence-electron chi connectivity index (χ4n) is 5.44. The lowest BCUT2D eigenvalue weighted by molar-refractivity contribution is -0.0585. The number of carbonyl (C=O) groups excluding carboxylic acids is 1. The van der Waals surface area contributed by atoms with Crippen molar-refractivity contribution in [1.82, 2.24) is 9.80 Å². The van der Waals surface area contributed by atoms with Crippen molar-refractivity contribution < 1.29 is 18.7 Å². The largest absolute Gasteiger partial charge is 0.395 e. The molecule has 2 aliphatic rings. The molecule has 35 heavy (non-hydrogen) atoms. The van der Waals surface area contributed by atoms with Crippen molar-refractivity contribution in [3.8, 4) is 11.1 Å². The van der Waals surface area contributed by atoms with Crippen LogP contribution in [0.1, 0.15) is 24.3 Å². The van der Waals surface area contributed by atoms with Crippen LogP contribution in [0, 0.1) is 11.6 Å². The average molecular weight is 478 g/mol. The molecule has 2 heterocycles. The predicted octanol–water partition coefficient (Wildman–Crippen LogP) is 5.09. The highest BCUT2D eigenvalue weighted by Crippen LogP contribution is 2.42. The average Bonchev–Trinajstić information content (AvgIpc) is 2.85. The summed E-state index contributed by atoms with van der Waals surface area (Å²) in [5.41, 5.74) is 2.99. The number of rotatable bonds is 4. The quantitative estimate of drug-likeness (QED) is 0.551. The number of hydrogen-bond acceptors (Lipinski definition) is 3. The van der Waals surface area contributed by atoms with E-state index in [2.05, 4.69) is 10.2 Å². The zero-order chi connectivity index (χ0) is 24.4. The molecule has 0 aromatic heterocycles. The lowest BCUT2D eigenvalue weighted by Crippen LogP contribution is -2.68. The monoisotopic (exact) mass is 477 g/mol. The van der Waals surface area contributed by atoms with Gasteiger partial charge in [-0.05, 0) is 60.8 Å². The molecule has 0 aliphatic carbocycles. The summed E-state index contributed by atoms with van der Waals surface area (Å²) in [5, 5.41) is 13.0. The van der Waals surface area contributed by atoms with Crippen molar-refractivity contribution in [2.75, 3.05) is 31.6 Å². The summed E-state index contributed by atoms with van der Waals surface area (Å²) in [4.78, 5) is 17.2. The van der Waals surface area contributed by atoms with E-state index in [1.165, 1.54) is 18.2 Å². The van der Waals surface area contributed by atoms with Gasteiger partial charge in [0, 0.05) is 42.3 Å². The lowest BCUT2D eigenvalue weighted by Gasteiger charge is -2.57. The van der Waals surface area contributed by atoms with E-state index in [1.807, 2.05) is 35.2 Å². The first-order chi connectivity index (χ1) is 17.0. The van der Waals surface area contributed by atoms with Crippen LogP contribution >= 0.6 is 0 Å². The number of urea groups is 1. The maximum absolute atomic E-state index is 14.2. The Labute approximate surface area is 204 Å². The molecule has 0 radical (unpaired) electrons. The number of amides is 2. The molecule has 0 unspecified atom stereocenters. The van der Waals surface area contributed by atoms with Crippen molar-refractivity contribution >= 4 is 11.7 Å². The van der Waals surface area contributed by atoms with Crippen LogP contribution in [0.5, 0.6) is 0 Å². The minimum atomic E-state index is -0.349. The van der Waals surface area contributed by atoms with Gasteiger partial charge in [0.25, 0.3) is 0 Å². The fourth-order valence-corrected chi connectivity index (χ4v) is 5.44. The van der Waals surface area contributed by atoms with Gasteiger partial charge in [0.05, 0.1) is 6.61 Å². The molecular formula is C28H29F2N3O2. The highest BCUT2D eigenvalue weighted by atomic mass is 19.1. The van der Waals surface area contributed by atoms with Gasteiger partial charge >= 0.3 is 6.03 Å². The summed E-state index contributed by atoms with van der Waals surface area (Å²) >= 11 is 0. The number of nitrogens with one attached hydrogen (secondary N) is 1. The zero-order valence-electron chi connectivity index (χ0n) is 19.4. The van der Waals surface area contributed by atoms with Gasteiger partial charge in [-0.3, -0.25) is 4.90 Å². The van der Waals surface area contributed by atoms with Crippen molar-refractivity contribution in [2.24, 2.45) is 0 Å². The Balaban J connectivity index is 1.35. The molecule has 0 bridgehead atoms. The molecule has 7 heteroatoms. The fraction of sp³-hybridized carbons (Fsp3) is 0.321. The molecule has 0 saturated carbocycles. The highest BCUT2D eigenvalue weighted by molar-refractivity contribution is 5.89. The Kier molecular flexibility index (Phi) is 6.79. The van der Waals surface area contributed by atoms with E-state index in [-0.39, 0.29) is 42.3 Å². The number of aliphatic hydroxyl groups is 1. The van der Waals surface area contributed by atoms with Crippen LogP contribution in [0.25, 0.3) is 11.1 Å². The molecule has 5 nitrogen and oxygen atoms in total. The second-order valence-corrected chi connectivity index (χ2v) is 9.27. The SMILES string of the molecule is O=C(Nc1ccc(F)cc1)N1CCCCN2[C@H](CO)[C@@H](c3ccc(-c4ccccc4F)cc3)[C@H]2C1. The normalized spacial score (nSPS) is 22.5. The Morgan fingerprint density at radius 3 is 2.37 bits per heavy atom. The standard InChI is InChI=1S/C28H29F2N3O2/c29-21-11-13-22(14-12-21)31-28(35)32-15-3-4-16-33-25(17-32)27(26(33)18-34)20-9-7-19(8-10-20)23-5-1-2-6-24(23)30/h1-2,5-14,25-27,34H,3-4,15-18H2,(H,31,35)/t25-,26-,27+/m1/s1. The minimum absolute atomic E-state index is 0.0144. The first-order valence-corrected chi connectivity index (χ1v) is 12.1. The van der Waals surface area contributed by atoms with Gasteiger partial charge in [-0.1, -0.05) is 42.5 Å². The lowest BCUT2D eigenvalue weighted by atomic mass is 9.74. The molecule has 0 spiro atoms. The smallest absolute Gasteiger partial charge is 0.321 e. The summed E-state index contributed by atoms with van der Waals surface area (Å²) in [6.07, 6.45) is 1.81. The first-order valence-electron chi connectivity index (χ1n) is 12.1. The van der Waals surface area contributed by atoms with Crippen LogP contribution < -0.4 is 5.32 Å². The van der Waals surface area contributed by atoms with E-state index in [4.69, 9.17) is 0 Å². The van der Waals surface area contributed by atoms with Gasteiger partial charge < -0.3 is 15.3 Å². The van der Waals surface area contributed by atoms with Crippen molar-refractivity contribution in [3.05, 3.63) is 90.0 Å². The number of aliphatic hydroxyl groups excluding tert-OH is 1. The number of nitrogens with zero attached hydrogens (tertiary/aromatic N) is 2. The van der Waals surface area contributed by atoms with E-state index >= 15 is 0 Å². The van der Waals surface area contributed by atoms with Gasteiger partial charge in [0.2, 0.25) is 0 Å². The van der Waals surface area contributed by atoms with Gasteiger partial charge in [-0.15, -0.1) is 0 Å². The molecule has 5 rings (SSSR count). The topological polar surface area (TPSA) is 55.8 Å². The van der Waals surface area contributed by atoms with E-state index < -0.39 is 0 Å². The molecule has 2 saturated heterocycles. The van der Waals surface area contributed by atoms with Crippen molar-refractivity contribution in [3.63, 3.8) is 0 Å². The third kappa shape index (κ3) is 4.79.